The first kappa shape index (κ1) is 14.9. The Bertz CT molecular complexity index is 535. The van der Waals surface area contributed by atoms with Gasteiger partial charge in [0.2, 0.25) is 5.91 Å². The number of piperidine rings is 2. The van der Waals surface area contributed by atoms with Gasteiger partial charge in [-0.25, -0.2) is 0 Å². The average Bonchev–Trinajstić information content (AvgIpc) is 2.84. The number of aryl methyl sites for hydroxylation is 1. The summed E-state index contributed by atoms with van der Waals surface area (Å²) in [4.78, 5) is 15.7. The van der Waals surface area contributed by atoms with Crippen molar-refractivity contribution in [3.63, 3.8) is 0 Å². The van der Waals surface area contributed by atoms with Crippen molar-refractivity contribution in [1.82, 2.24) is 20.0 Å². The molecule has 0 aliphatic carbocycles. The summed E-state index contributed by atoms with van der Waals surface area (Å²) in [5, 5.41) is 21.0. The molecule has 0 saturated carbocycles. The number of nitrogens with zero attached hydrogens (tertiary/aromatic N) is 4. The molecule has 2 saturated heterocycles. The maximum absolute atomic E-state index is 11.6. The van der Waals surface area contributed by atoms with Crippen molar-refractivity contribution in [3.05, 3.63) is 10.0 Å². The van der Waals surface area contributed by atoms with Crippen LogP contribution >= 0.6 is 11.3 Å². The zero-order valence-electron chi connectivity index (χ0n) is 12.6. The summed E-state index contributed by atoms with van der Waals surface area (Å²) >= 11 is 1.62. The second kappa shape index (κ2) is 5.62. The number of hydrogen-bond donors (Lipinski definition) is 1. The lowest BCUT2D eigenvalue weighted by Gasteiger charge is -2.50. The van der Waals surface area contributed by atoms with Crippen LogP contribution < -0.4 is 0 Å². The molecule has 3 heterocycles. The number of aliphatic hydroxyl groups is 1. The van der Waals surface area contributed by atoms with Crippen molar-refractivity contribution >= 4 is 17.2 Å². The van der Waals surface area contributed by atoms with E-state index in [-0.39, 0.29) is 11.8 Å². The van der Waals surface area contributed by atoms with E-state index in [0.29, 0.717) is 19.5 Å². The third-order valence-electron chi connectivity index (χ3n) is 4.73. The van der Waals surface area contributed by atoms with Crippen LogP contribution in [0.1, 0.15) is 29.8 Å². The molecule has 0 radical (unpaired) electrons. The molecule has 2 aliphatic heterocycles. The summed E-state index contributed by atoms with van der Waals surface area (Å²) in [7, 11) is 0. The standard InChI is InChI=1S/C14H22N4O2S/c1-10-15-16-13(21-10)9-17-5-3-14(20)4-6-18(11(2)19)8-12(14)7-17/h12,20H,3-9H2,1-2H3/t12-,14-/m1/s1. The molecule has 21 heavy (non-hydrogen) atoms. The number of fused-ring (bicyclic) bond motifs is 1. The minimum atomic E-state index is -0.598. The Morgan fingerprint density at radius 2 is 2.14 bits per heavy atom. The van der Waals surface area contributed by atoms with Crippen LogP contribution in [0.5, 0.6) is 0 Å². The highest BCUT2D eigenvalue weighted by Crippen LogP contribution is 2.36. The number of amides is 1. The zero-order valence-corrected chi connectivity index (χ0v) is 13.4. The highest BCUT2D eigenvalue weighted by atomic mass is 32.1. The van der Waals surface area contributed by atoms with E-state index in [1.165, 1.54) is 0 Å². The molecule has 7 heteroatoms. The summed E-state index contributed by atoms with van der Waals surface area (Å²) in [6, 6.07) is 0. The number of likely N-dealkylation sites (tertiary alicyclic amines) is 2. The maximum atomic E-state index is 11.6. The predicted molar refractivity (Wildman–Crippen MR) is 79.9 cm³/mol. The van der Waals surface area contributed by atoms with Gasteiger partial charge in [0.25, 0.3) is 0 Å². The van der Waals surface area contributed by atoms with E-state index in [4.69, 9.17) is 0 Å². The molecule has 1 aromatic rings. The number of hydrogen-bond acceptors (Lipinski definition) is 6. The maximum Gasteiger partial charge on any atom is 0.219 e. The highest BCUT2D eigenvalue weighted by Gasteiger charge is 2.45. The Balaban J connectivity index is 1.65. The van der Waals surface area contributed by atoms with Gasteiger partial charge in [-0.05, 0) is 19.8 Å². The monoisotopic (exact) mass is 310 g/mol. The third-order valence-corrected chi connectivity index (χ3v) is 5.55. The van der Waals surface area contributed by atoms with Crippen molar-refractivity contribution in [2.45, 2.75) is 38.8 Å². The van der Waals surface area contributed by atoms with Crippen LogP contribution in [0.15, 0.2) is 0 Å². The summed E-state index contributed by atoms with van der Waals surface area (Å²) < 4.78 is 0. The molecular weight excluding hydrogens is 288 g/mol. The number of rotatable bonds is 2. The Morgan fingerprint density at radius 3 is 2.81 bits per heavy atom. The number of aromatic nitrogens is 2. The molecule has 6 nitrogen and oxygen atoms in total. The van der Waals surface area contributed by atoms with E-state index < -0.39 is 5.60 Å². The van der Waals surface area contributed by atoms with Gasteiger partial charge in [-0.1, -0.05) is 0 Å². The van der Waals surface area contributed by atoms with Gasteiger partial charge in [0, 0.05) is 39.0 Å². The van der Waals surface area contributed by atoms with E-state index in [1.807, 2.05) is 11.8 Å². The van der Waals surface area contributed by atoms with E-state index in [0.717, 1.165) is 36.1 Å². The summed E-state index contributed by atoms with van der Waals surface area (Å²) in [5.41, 5.74) is -0.598. The third kappa shape index (κ3) is 3.09. The Morgan fingerprint density at radius 1 is 1.38 bits per heavy atom. The first-order valence-corrected chi connectivity index (χ1v) is 8.27. The molecule has 0 spiro atoms. The molecule has 2 aliphatic rings. The fourth-order valence-electron chi connectivity index (χ4n) is 3.39. The minimum Gasteiger partial charge on any atom is -0.389 e. The van der Waals surface area contributed by atoms with Crippen LogP contribution in [-0.2, 0) is 11.3 Å². The summed E-state index contributed by atoms with van der Waals surface area (Å²) in [6.45, 7) is 7.40. The van der Waals surface area contributed by atoms with Crippen LogP contribution in [0.25, 0.3) is 0 Å². The molecule has 0 bridgehead atoms. The predicted octanol–water partition coefficient (Wildman–Crippen LogP) is 0.652. The quantitative estimate of drug-likeness (QED) is 0.869. The molecule has 1 N–H and O–H groups in total. The number of carbonyl (C=O) groups excluding carboxylic acids is 1. The normalized spacial score (nSPS) is 30.2. The molecular formula is C14H22N4O2S. The Hall–Kier alpha value is -1.05. The molecule has 0 unspecified atom stereocenters. The second-order valence-corrected chi connectivity index (χ2v) is 7.48. The number of carbonyl (C=O) groups is 1. The lowest BCUT2D eigenvalue weighted by atomic mass is 9.75. The van der Waals surface area contributed by atoms with Gasteiger partial charge in [0.05, 0.1) is 12.1 Å². The van der Waals surface area contributed by atoms with Crippen molar-refractivity contribution in [2.75, 3.05) is 26.2 Å². The first-order chi connectivity index (χ1) is 9.96. The molecule has 2 fully saturated rings. The molecule has 0 aromatic carbocycles. The first-order valence-electron chi connectivity index (χ1n) is 7.45. The van der Waals surface area contributed by atoms with Crippen molar-refractivity contribution < 1.29 is 9.90 Å². The van der Waals surface area contributed by atoms with Gasteiger partial charge in [-0.3, -0.25) is 9.69 Å². The molecule has 2 atom stereocenters. The topological polar surface area (TPSA) is 69.6 Å². The minimum absolute atomic E-state index is 0.105. The van der Waals surface area contributed by atoms with Gasteiger partial charge in [0.15, 0.2) is 0 Å². The molecule has 1 amide bonds. The van der Waals surface area contributed by atoms with E-state index in [2.05, 4.69) is 15.1 Å². The average molecular weight is 310 g/mol. The summed E-state index contributed by atoms with van der Waals surface area (Å²) in [6.07, 6.45) is 1.48. The van der Waals surface area contributed by atoms with E-state index in [1.54, 1.807) is 18.3 Å². The highest BCUT2D eigenvalue weighted by molar-refractivity contribution is 7.11. The van der Waals surface area contributed by atoms with Crippen molar-refractivity contribution in [1.29, 1.82) is 0 Å². The summed E-state index contributed by atoms with van der Waals surface area (Å²) in [5.74, 6) is 0.242. The largest absolute Gasteiger partial charge is 0.389 e. The fourth-order valence-corrected chi connectivity index (χ4v) is 4.15. The van der Waals surface area contributed by atoms with Crippen LogP contribution in [0, 0.1) is 12.8 Å². The lowest BCUT2D eigenvalue weighted by molar-refractivity contribution is -0.145. The van der Waals surface area contributed by atoms with Gasteiger partial charge < -0.3 is 10.0 Å². The second-order valence-electron chi connectivity index (χ2n) is 6.22. The van der Waals surface area contributed by atoms with E-state index >= 15 is 0 Å². The van der Waals surface area contributed by atoms with Gasteiger partial charge >= 0.3 is 0 Å². The molecule has 116 valence electrons. The zero-order chi connectivity index (χ0) is 15.0. The van der Waals surface area contributed by atoms with Crippen molar-refractivity contribution in [3.8, 4) is 0 Å². The lowest BCUT2D eigenvalue weighted by Crippen LogP contribution is -2.60. The van der Waals surface area contributed by atoms with Gasteiger partial charge in [0.1, 0.15) is 10.0 Å². The fraction of sp³-hybridized carbons (Fsp3) is 0.786. The van der Waals surface area contributed by atoms with Gasteiger partial charge in [-0.15, -0.1) is 21.5 Å². The van der Waals surface area contributed by atoms with Gasteiger partial charge in [-0.2, -0.15) is 0 Å². The van der Waals surface area contributed by atoms with Crippen molar-refractivity contribution in [2.24, 2.45) is 5.92 Å². The smallest absolute Gasteiger partial charge is 0.219 e. The molecule has 3 rings (SSSR count). The van der Waals surface area contributed by atoms with E-state index in [9.17, 15) is 9.90 Å². The Labute approximate surface area is 128 Å². The Kier molecular flexibility index (Phi) is 3.98. The van der Waals surface area contributed by atoms with Crippen LogP contribution in [-0.4, -0.2) is 62.8 Å². The van der Waals surface area contributed by atoms with Crippen LogP contribution in [0.4, 0.5) is 0 Å². The van der Waals surface area contributed by atoms with Crippen LogP contribution in [0.2, 0.25) is 0 Å². The van der Waals surface area contributed by atoms with Crippen LogP contribution in [0.3, 0.4) is 0 Å². The molecule has 1 aromatic heterocycles. The SMILES string of the molecule is CC(=O)N1CC[C@]2(O)CCN(Cc3nnc(C)s3)C[C@@H]2C1.